The Kier molecular flexibility index (Phi) is 5.59. The van der Waals surface area contributed by atoms with Crippen LogP contribution in [0.3, 0.4) is 0 Å². The Morgan fingerprint density at radius 2 is 2.32 bits per heavy atom. The number of anilines is 1. The molecule has 3 rings (SSSR count). The molecular weight excluding hydrogens is 376 g/mol. The number of imidazole rings is 1. The van der Waals surface area contributed by atoms with E-state index in [-0.39, 0.29) is 12.2 Å². The fourth-order valence-corrected chi connectivity index (χ4v) is 2.60. The van der Waals surface area contributed by atoms with Gasteiger partial charge in [-0.15, -0.1) is 0 Å². The number of aliphatic hydroxyl groups excluding tert-OH is 2. The average Bonchev–Trinajstić information content (AvgIpc) is 3.28. The Labute approximate surface area is 159 Å². The van der Waals surface area contributed by atoms with Crippen LogP contribution in [0.5, 0.6) is 0 Å². The van der Waals surface area contributed by atoms with Crippen molar-refractivity contribution >= 4 is 11.8 Å². The molecule has 13 nitrogen and oxygen atoms in total. The standard InChI is InChI=1S/C15H20N6O7/c16-8(3-7-4-17-6-18-7)14(24)27-5-9-11(22)12(23)13(28-9)21-2-1-10(20-26)19-15(21)25/h1-2,4,6,8-9,11-13,22-23,26H,3,5,16H2,(H,17,18)(H,19,20,25)/t8-,9-,11-,12-,13-/m1/s1/i13D. The van der Waals surface area contributed by atoms with Crippen molar-refractivity contribution in [2.45, 2.75) is 37.0 Å². The van der Waals surface area contributed by atoms with Gasteiger partial charge in [0.1, 0.15) is 31.0 Å². The first kappa shape index (κ1) is 18.5. The van der Waals surface area contributed by atoms with E-state index in [0.29, 0.717) is 10.3 Å². The minimum atomic E-state index is -2.42. The Morgan fingerprint density at radius 1 is 1.54 bits per heavy atom. The lowest BCUT2D eigenvalue weighted by Crippen LogP contribution is -2.39. The van der Waals surface area contributed by atoms with E-state index in [1.54, 1.807) is 5.48 Å². The number of aliphatic hydroxyl groups is 2. The molecule has 5 atom stereocenters. The molecule has 0 bridgehead atoms. The molecule has 0 spiro atoms. The van der Waals surface area contributed by atoms with E-state index in [9.17, 15) is 19.8 Å². The molecule has 2 aromatic rings. The number of hydrogen-bond donors (Lipinski definition) is 6. The summed E-state index contributed by atoms with van der Waals surface area (Å²) in [6.45, 7) is -0.507. The highest BCUT2D eigenvalue weighted by atomic mass is 16.6. The van der Waals surface area contributed by atoms with Crippen LogP contribution in [0.1, 0.15) is 13.3 Å². The summed E-state index contributed by atoms with van der Waals surface area (Å²) in [5.74, 6) is -0.968. The van der Waals surface area contributed by atoms with Gasteiger partial charge in [-0.05, 0) is 6.07 Å². The predicted molar refractivity (Wildman–Crippen MR) is 91.1 cm³/mol. The van der Waals surface area contributed by atoms with E-state index in [2.05, 4.69) is 15.0 Å². The highest BCUT2D eigenvalue weighted by molar-refractivity contribution is 5.75. The summed E-state index contributed by atoms with van der Waals surface area (Å²) in [4.78, 5) is 34.1. The molecule has 0 aliphatic carbocycles. The summed E-state index contributed by atoms with van der Waals surface area (Å²) in [6, 6.07) is 0.146. The zero-order valence-corrected chi connectivity index (χ0v) is 14.4. The molecule has 1 aliphatic rings. The summed E-state index contributed by atoms with van der Waals surface area (Å²) >= 11 is 0. The first-order chi connectivity index (χ1) is 13.8. The van der Waals surface area contributed by atoms with Crippen LogP contribution in [0.4, 0.5) is 5.82 Å². The molecule has 0 radical (unpaired) electrons. The summed E-state index contributed by atoms with van der Waals surface area (Å²) in [5, 5.41) is 29.2. The molecule has 13 heteroatoms. The van der Waals surface area contributed by atoms with Crippen molar-refractivity contribution in [2.24, 2.45) is 5.73 Å². The maximum atomic E-state index is 12.1. The van der Waals surface area contributed by atoms with Crippen LogP contribution in [-0.2, 0) is 20.7 Å². The van der Waals surface area contributed by atoms with E-state index in [1.165, 1.54) is 12.5 Å². The number of hydrogen-bond acceptors (Lipinski definition) is 11. The van der Waals surface area contributed by atoms with Gasteiger partial charge < -0.3 is 30.4 Å². The molecule has 1 aliphatic heterocycles. The summed E-state index contributed by atoms with van der Waals surface area (Å²) in [6.07, 6.45) is -3.07. The van der Waals surface area contributed by atoms with Gasteiger partial charge in [0, 0.05) is 24.5 Å². The van der Waals surface area contributed by atoms with Gasteiger partial charge in [0.2, 0.25) is 0 Å². The molecule has 2 aromatic heterocycles. The van der Waals surface area contributed by atoms with Crippen molar-refractivity contribution in [3.8, 4) is 0 Å². The Balaban J connectivity index is 1.66. The molecule has 1 fully saturated rings. The highest BCUT2D eigenvalue weighted by Crippen LogP contribution is 2.28. The summed E-state index contributed by atoms with van der Waals surface area (Å²) in [5.41, 5.74) is 7.03. The number of rotatable bonds is 7. The number of H-pyrrole nitrogens is 1. The third-order valence-corrected chi connectivity index (χ3v) is 4.07. The number of aromatic nitrogens is 4. The second-order valence-electron chi connectivity index (χ2n) is 6.02. The van der Waals surface area contributed by atoms with Crippen molar-refractivity contribution in [2.75, 3.05) is 12.1 Å². The molecular formula is C15H20N6O7. The monoisotopic (exact) mass is 397 g/mol. The quantitative estimate of drug-likeness (QED) is 0.213. The van der Waals surface area contributed by atoms with E-state index in [0.717, 1.165) is 12.3 Å². The van der Waals surface area contributed by atoms with Gasteiger partial charge in [0.05, 0.1) is 7.70 Å². The number of nitrogens with one attached hydrogen (secondary N) is 2. The third-order valence-electron chi connectivity index (χ3n) is 4.07. The second-order valence-corrected chi connectivity index (χ2v) is 6.02. The fourth-order valence-electron chi connectivity index (χ4n) is 2.60. The molecule has 0 unspecified atom stereocenters. The van der Waals surface area contributed by atoms with E-state index >= 15 is 0 Å². The molecule has 28 heavy (non-hydrogen) atoms. The third kappa shape index (κ3) is 4.18. The minimum absolute atomic E-state index is 0.143. The summed E-state index contributed by atoms with van der Waals surface area (Å²) < 4.78 is 19.3. The lowest BCUT2D eigenvalue weighted by atomic mass is 10.1. The largest absolute Gasteiger partial charge is 0.462 e. The number of ether oxygens (including phenoxy) is 2. The number of nitrogens with zero attached hydrogens (tertiary/aromatic N) is 3. The second kappa shape index (κ2) is 8.45. The predicted octanol–water partition coefficient (Wildman–Crippen LogP) is -2.50. The van der Waals surface area contributed by atoms with Crippen LogP contribution in [-0.4, -0.2) is 71.9 Å². The van der Waals surface area contributed by atoms with Crippen molar-refractivity contribution in [3.63, 3.8) is 0 Å². The minimum Gasteiger partial charge on any atom is -0.462 e. The summed E-state index contributed by atoms with van der Waals surface area (Å²) in [7, 11) is 0. The molecule has 3 heterocycles. The van der Waals surface area contributed by atoms with Crippen LogP contribution >= 0.6 is 0 Å². The zero-order valence-electron chi connectivity index (χ0n) is 15.4. The van der Waals surface area contributed by atoms with Gasteiger partial charge in [-0.25, -0.2) is 9.78 Å². The first-order valence-electron chi connectivity index (χ1n) is 8.70. The molecule has 0 aromatic carbocycles. The van der Waals surface area contributed by atoms with Gasteiger partial charge in [0.15, 0.2) is 12.0 Å². The van der Waals surface area contributed by atoms with Gasteiger partial charge in [0.25, 0.3) is 0 Å². The van der Waals surface area contributed by atoms with Crippen LogP contribution in [0, 0.1) is 0 Å². The Morgan fingerprint density at radius 3 is 2.96 bits per heavy atom. The van der Waals surface area contributed by atoms with Crippen molar-refractivity contribution in [3.05, 3.63) is 41.0 Å². The SMILES string of the molecule is [2H][C@@]1(n2ccc(NO)nc2=O)O[C@H](COC(=O)[C@H](N)Cc2cnc[nH]2)[C@@H](O)[C@H]1O. The molecule has 152 valence electrons. The maximum absolute atomic E-state index is 12.1. The first-order valence-corrected chi connectivity index (χ1v) is 8.20. The van der Waals surface area contributed by atoms with E-state index in [1.807, 2.05) is 0 Å². The molecule has 0 saturated carbocycles. The van der Waals surface area contributed by atoms with Crippen molar-refractivity contribution in [1.29, 1.82) is 0 Å². The lowest BCUT2D eigenvalue weighted by molar-refractivity contribution is -0.151. The van der Waals surface area contributed by atoms with Crippen molar-refractivity contribution < 1.29 is 31.1 Å². The lowest BCUT2D eigenvalue weighted by Gasteiger charge is -2.17. The normalized spacial score (nSPS) is 28.6. The zero-order chi connectivity index (χ0) is 21.2. The number of esters is 1. The van der Waals surface area contributed by atoms with Crippen LogP contribution in [0.2, 0.25) is 0 Å². The Hall–Kier alpha value is -2.84. The van der Waals surface area contributed by atoms with Gasteiger partial charge >= 0.3 is 11.7 Å². The van der Waals surface area contributed by atoms with Crippen LogP contribution < -0.4 is 16.9 Å². The fraction of sp³-hybridized carbons (Fsp3) is 0.467. The number of aromatic amines is 1. The maximum Gasteiger partial charge on any atom is 0.351 e. The van der Waals surface area contributed by atoms with Crippen LogP contribution in [0.15, 0.2) is 29.6 Å². The van der Waals surface area contributed by atoms with Gasteiger partial charge in [-0.1, -0.05) is 0 Å². The number of nitrogens with two attached hydrogens (primary N) is 1. The van der Waals surface area contributed by atoms with Crippen LogP contribution in [0.25, 0.3) is 0 Å². The smallest absolute Gasteiger partial charge is 0.351 e. The van der Waals surface area contributed by atoms with Crippen molar-refractivity contribution in [1.82, 2.24) is 19.5 Å². The average molecular weight is 397 g/mol. The van der Waals surface area contributed by atoms with E-state index < -0.39 is 48.8 Å². The molecule has 1 saturated heterocycles. The molecule has 0 amide bonds. The topological polar surface area (TPSA) is 198 Å². The number of carbonyl (C=O) groups excluding carboxylic acids is 1. The highest BCUT2D eigenvalue weighted by Gasteiger charge is 2.44. The molecule has 7 N–H and O–H groups in total. The Bertz CT molecular complexity index is 909. The number of carbonyl (C=O) groups is 1. The van der Waals surface area contributed by atoms with Gasteiger partial charge in [-0.3, -0.25) is 20.0 Å². The van der Waals surface area contributed by atoms with E-state index in [4.69, 9.17) is 21.8 Å². The van der Waals surface area contributed by atoms with Gasteiger partial charge in [-0.2, -0.15) is 4.98 Å².